The molecule has 0 aromatic heterocycles. The summed E-state index contributed by atoms with van der Waals surface area (Å²) in [6.45, 7) is 0. The first-order valence-corrected chi connectivity index (χ1v) is 9.06. The van der Waals surface area contributed by atoms with Gasteiger partial charge in [0.25, 0.3) is 0 Å². The van der Waals surface area contributed by atoms with Gasteiger partial charge in [-0.1, -0.05) is 0 Å². The van der Waals surface area contributed by atoms with Crippen LogP contribution in [0.3, 0.4) is 0 Å². The highest BCUT2D eigenvalue weighted by atomic mass is 15.3. The summed E-state index contributed by atoms with van der Waals surface area (Å²) < 4.78 is 0. The van der Waals surface area contributed by atoms with Gasteiger partial charge in [0.2, 0.25) is 0 Å². The van der Waals surface area contributed by atoms with E-state index in [0.29, 0.717) is 5.54 Å². The van der Waals surface area contributed by atoms with Crippen LogP contribution in [-0.4, -0.2) is 5.54 Å². The van der Waals surface area contributed by atoms with Gasteiger partial charge in [-0.05, 0) is 95.2 Å². The van der Waals surface area contributed by atoms with Crippen molar-refractivity contribution in [2.75, 3.05) is 0 Å². The van der Waals surface area contributed by atoms with E-state index in [9.17, 15) is 0 Å². The largest absolute Gasteiger partial charge is 0.324 e. The number of rotatable bonds is 0. The molecule has 0 saturated heterocycles. The van der Waals surface area contributed by atoms with E-state index in [2.05, 4.69) is 0 Å². The Labute approximate surface area is 112 Å². The zero-order chi connectivity index (χ0) is 11.5. The molecule has 4 spiro atoms. The topological polar surface area (TPSA) is 26.0 Å². The SMILES string of the molecule is NC12C3CC4CC5C6C7C8CC9CC%10C1C7(C98%10)C62C453. The van der Waals surface area contributed by atoms with Crippen molar-refractivity contribution in [1.29, 1.82) is 0 Å². The molecule has 0 radical (unpaired) electrons. The van der Waals surface area contributed by atoms with Crippen LogP contribution in [0.25, 0.3) is 0 Å². The van der Waals surface area contributed by atoms with Crippen molar-refractivity contribution >= 4 is 0 Å². The zero-order valence-electron chi connectivity index (χ0n) is 11.1. The summed E-state index contributed by atoms with van der Waals surface area (Å²) in [5.41, 5.74) is 11.3. The maximum Gasteiger partial charge on any atom is 0.0297 e. The molecule has 0 aromatic rings. The van der Waals surface area contributed by atoms with Gasteiger partial charge in [0.15, 0.2) is 0 Å². The van der Waals surface area contributed by atoms with Crippen molar-refractivity contribution in [3.8, 4) is 0 Å². The molecule has 19 heavy (non-hydrogen) atoms. The fraction of sp³-hybridized carbons (Fsp3) is 1.00. The highest BCUT2D eigenvalue weighted by Crippen LogP contribution is 3.24. The van der Waals surface area contributed by atoms with E-state index in [1.54, 1.807) is 25.7 Å². The monoisotopic (exact) mass is 249 g/mol. The van der Waals surface area contributed by atoms with Crippen LogP contribution in [0.5, 0.6) is 0 Å². The summed E-state index contributed by atoms with van der Waals surface area (Å²) in [4.78, 5) is 0. The molecule has 14 atom stereocenters. The van der Waals surface area contributed by atoms with E-state index in [1.807, 2.05) is 0 Å². The molecule has 1 nitrogen and oxygen atoms in total. The van der Waals surface area contributed by atoms with Crippen molar-refractivity contribution in [3.05, 3.63) is 0 Å². The van der Waals surface area contributed by atoms with E-state index >= 15 is 0 Å². The molecule has 0 aliphatic heterocycles. The van der Waals surface area contributed by atoms with E-state index < -0.39 is 0 Å². The van der Waals surface area contributed by atoms with Gasteiger partial charge in [0.05, 0.1) is 0 Å². The maximum absolute atomic E-state index is 7.22. The summed E-state index contributed by atoms with van der Waals surface area (Å²) in [7, 11) is 0. The second-order valence-corrected chi connectivity index (χ2v) is 10.7. The molecule has 1 heteroatoms. The lowest BCUT2D eigenvalue weighted by Gasteiger charge is -3.25. The molecular weight excluding hydrogens is 230 g/mol. The van der Waals surface area contributed by atoms with Gasteiger partial charge >= 0.3 is 0 Å². The lowest BCUT2D eigenvalue weighted by Crippen LogP contribution is -3.26. The summed E-state index contributed by atoms with van der Waals surface area (Å²) in [5.74, 6) is 10.5. The maximum atomic E-state index is 7.22. The van der Waals surface area contributed by atoms with Gasteiger partial charge in [-0.25, -0.2) is 0 Å². The predicted octanol–water partition coefficient (Wildman–Crippen LogP) is 1.87. The van der Waals surface area contributed by atoms with Crippen molar-refractivity contribution in [2.45, 2.75) is 31.2 Å². The Morgan fingerprint density at radius 2 is 1.53 bits per heavy atom. The fourth-order valence-corrected chi connectivity index (χ4v) is 14.2. The van der Waals surface area contributed by atoms with Gasteiger partial charge in [-0.15, -0.1) is 0 Å². The number of nitrogens with two attached hydrogens (primary N) is 1. The number of fused-ring (bicyclic) bond motifs is 6. The van der Waals surface area contributed by atoms with Crippen LogP contribution in [0.15, 0.2) is 0 Å². The fourth-order valence-electron chi connectivity index (χ4n) is 14.2. The predicted molar refractivity (Wildman–Crippen MR) is 66.5 cm³/mol. The first-order chi connectivity index (χ1) is 9.27. The Bertz CT molecular complexity index is 729. The molecule has 0 heterocycles. The van der Waals surface area contributed by atoms with Gasteiger partial charge in [-0.2, -0.15) is 0 Å². The lowest BCUT2D eigenvalue weighted by molar-refractivity contribution is -0.779. The average molecular weight is 249 g/mol. The van der Waals surface area contributed by atoms with E-state index in [0.717, 1.165) is 39.4 Å². The van der Waals surface area contributed by atoms with Gasteiger partial charge in [-0.3, -0.25) is 0 Å². The first-order valence-electron chi connectivity index (χ1n) is 9.06. The summed E-state index contributed by atoms with van der Waals surface area (Å²) >= 11 is 0. The molecule has 0 aromatic carbocycles. The average Bonchev–Trinajstić information content (AvgIpc) is 2.28. The highest BCUT2D eigenvalue weighted by molar-refractivity contribution is 5.72. The third-order valence-corrected chi connectivity index (χ3v) is 12.9. The van der Waals surface area contributed by atoms with Crippen LogP contribution < -0.4 is 5.73 Å². The molecule has 96 valence electrons. The number of hydrogen-bond donors (Lipinski definition) is 1. The standard InChI is InChI=1S/C18H19N/c19-17-10-4-6-2-8-12-11-7-1-5-3-9-13(17)16(11,14(5,7)9)18(12,17)15(6,8)10/h5-13H,1-4,19H2. The van der Waals surface area contributed by atoms with Crippen molar-refractivity contribution in [3.63, 3.8) is 0 Å². The summed E-state index contributed by atoms with van der Waals surface area (Å²) in [6, 6.07) is 0. The minimum absolute atomic E-state index is 0.420. The molecule has 10 aliphatic carbocycles. The molecular formula is C18H19N. The van der Waals surface area contributed by atoms with E-state index in [4.69, 9.17) is 5.73 Å². The molecule has 10 rings (SSSR count). The molecule has 2 N–H and O–H groups in total. The van der Waals surface area contributed by atoms with Crippen molar-refractivity contribution < 1.29 is 0 Å². The molecule has 0 bridgehead atoms. The van der Waals surface area contributed by atoms with Crippen molar-refractivity contribution in [2.24, 2.45) is 80.7 Å². The second-order valence-electron chi connectivity index (χ2n) is 10.7. The third-order valence-electron chi connectivity index (χ3n) is 12.9. The summed E-state index contributed by atoms with van der Waals surface area (Å²) in [5, 5.41) is 0. The van der Waals surface area contributed by atoms with E-state index in [-0.39, 0.29) is 0 Å². The Kier molecular flexibility index (Phi) is 0.572. The third kappa shape index (κ3) is 0.255. The molecule has 10 fully saturated rings. The highest BCUT2D eigenvalue weighted by Gasteiger charge is 3.24. The molecule has 0 amide bonds. The van der Waals surface area contributed by atoms with E-state index in [1.165, 1.54) is 35.5 Å². The Balaban J connectivity index is 1.38. The van der Waals surface area contributed by atoms with Crippen LogP contribution >= 0.6 is 0 Å². The second kappa shape index (κ2) is 1.39. The summed E-state index contributed by atoms with van der Waals surface area (Å²) in [6.07, 6.45) is 6.47. The zero-order valence-corrected chi connectivity index (χ0v) is 11.1. The molecule has 14 unspecified atom stereocenters. The minimum Gasteiger partial charge on any atom is -0.324 e. The Morgan fingerprint density at radius 3 is 2.32 bits per heavy atom. The van der Waals surface area contributed by atoms with Crippen LogP contribution in [-0.2, 0) is 0 Å². The molecule has 10 saturated carbocycles. The minimum atomic E-state index is 0.420. The van der Waals surface area contributed by atoms with Gasteiger partial charge < -0.3 is 5.73 Å². The quantitative estimate of drug-likeness (QED) is 0.697. The smallest absolute Gasteiger partial charge is 0.0297 e. The van der Waals surface area contributed by atoms with Crippen LogP contribution in [0.2, 0.25) is 0 Å². The van der Waals surface area contributed by atoms with Crippen LogP contribution in [0, 0.1) is 74.9 Å². The lowest BCUT2D eigenvalue weighted by atomic mass is 8.78. The van der Waals surface area contributed by atoms with Crippen LogP contribution in [0.1, 0.15) is 25.7 Å². The Hall–Kier alpha value is -0.0400. The van der Waals surface area contributed by atoms with Crippen LogP contribution in [0.4, 0.5) is 0 Å². The first kappa shape index (κ1) is 7.82. The normalized spacial score (nSPS) is 107. The van der Waals surface area contributed by atoms with Gasteiger partial charge in [0, 0.05) is 11.0 Å². The van der Waals surface area contributed by atoms with Gasteiger partial charge in [0.1, 0.15) is 0 Å². The number of hydrogen-bond acceptors (Lipinski definition) is 1. The van der Waals surface area contributed by atoms with Crippen molar-refractivity contribution in [1.82, 2.24) is 0 Å². The molecule has 10 aliphatic rings. The Morgan fingerprint density at radius 1 is 0.789 bits per heavy atom.